The van der Waals surface area contributed by atoms with Crippen LogP contribution in [0, 0.1) is 11.7 Å². The van der Waals surface area contributed by atoms with Gasteiger partial charge in [0.15, 0.2) is 0 Å². The largest absolute Gasteiger partial charge is 0.492 e. The van der Waals surface area contributed by atoms with Gasteiger partial charge in [0.1, 0.15) is 18.2 Å². The molecular weight excluding hydrogens is 283 g/mol. The summed E-state index contributed by atoms with van der Waals surface area (Å²) in [5.74, 6) is 0.337. The Morgan fingerprint density at radius 3 is 2.55 bits per heavy atom. The van der Waals surface area contributed by atoms with Gasteiger partial charge in [-0.1, -0.05) is 6.92 Å². The zero-order valence-corrected chi connectivity index (χ0v) is 12.9. The molecule has 1 atom stereocenters. The molecule has 0 fully saturated rings. The summed E-state index contributed by atoms with van der Waals surface area (Å²) in [5, 5.41) is 2.98. The van der Waals surface area contributed by atoms with Crippen molar-refractivity contribution < 1.29 is 13.9 Å². The standard InChI is InChI=1S/C14H21FN2O2.ClH/c1-11(10-16-2)14(18)17(3)8-9-19-13-6-4-12(15)5-7-13;/h4-7,11,16H,8-10H2,1-3H3;1H. The van der Waals surface area contributed by atoms with Gasteiger partial charge in [-0.25, -0.2) is 4.39 Å². The molecule has 0 aliphatic carbocycles. The van der Waals surface area contributed by atoms with Crippen molar-refractivity contribution in [2.24, 2.45) is 5.92 Å². The second kappa shape index (κ2) is 9.55. The molecule has 0 heterocycles. The number of likely N-dealkylation sites (N-methyl/N-ethyl adjacent to an activating group) is 1. The van der Waals surface area contributed by atoms with Crippen LogP contribution in [0.25, 0.3) is 0 Å². The molecule has 0 aliphatic heterocycles. The molecule has 1 rings (SSSR count). The second-order valence-corrected chi connectivity index (χ2v) is 4.52. The summed E-state index contributed by atoms with van der Waals surface area (Å²) >= 11 is 0. The van der Waals surface area contributed by atoms with Crippen LogP contribution < -0.4 is 10.1 Å². The molecule has 0 spiro atoms. The first kappa shape index (κ1) is 18.7. The lowest BCUT2D eigenvalue weighted by atomic mass is 10.1. The number of benzene rings is 1. The molecule has 4 nitrogen and oxygen atoms in total. The minimum atomic E-state index is -0.291. The van der Waals surface area contributed by atoms with Crippen LogP contribution >= 0.6 is 12.4 Å². The molecule has 20 heavy (non-hydrogen) atoms. The lowest BCUT2D eigenvalue weighted by Crippen LogP contribution is -2.38. The van der Waals surface area contributed by atoms with Gasteiger partial charge in [-0.2, -0.15) is 0 Å². The van der Waals surface area contributed by atoms with Crippen LogP contribution in [0.4, 0.5) is 4.39 Å². The first-order valence-electron chi connectivity index (χ1n) is 6.32. The Labute approximate surface area is 125 Å². The Kier molecular flexibility index (Phi) is 8.92. The van der Waals surface area contributed by atoms with Gasteiger partial charge in [0.2, 0.25) is 5.91 Å². The summed E-state index contributed by atoms with van der Waals surface area (Å²) in [6.07, 6.45) is 0. The van der Waals surface area contributed by atoms with E-state index in [2.05, 4.69) is 5.32 Å². The van der Waals surface area contributed by atoms with Crippen molar-refractivity contribution in [3.63, 3.8) is 0 Å². The molecule has 0 saturated carbocycles. The van der Waals surface area contributed by atoms with E-state index in [0.29, 0.717) is 25.4 Å². The molecule has 1 unspecified atom stereocenters. The van der Waals surface area contributed by atoms with Crippen molar-refractivity contribution in [3.05, 3.63) is 30.1 Å². The molecular formula is C14H22ClFN2O2. The molecule has 0 aliphatic rings. The van der Waals surface area contributed by atoms with E-state index in [1.54, 1.807) is 24.1 Å². The maximum absolute atomic E-state index is 12.7. The van der Waals surface area contributed by atoms with Crippen molar-refractivity contribution >= 4 is 18.3 Å². The minimum Gasteiger partial charge on any atom is -0.492 e. The van der Waals surface area contributed by atoms with E-state index in [4.69, 9.17) is 4.74 Å². The highest BCUT2D eigenvalue weighted by atomic mass is 35.5. The maximum Gasteiger partial charge on any atom is 0.226 e. The summed E-state index contributed by atoms with van der Waals surface area (Å²) in [7, 11) is 3.57. The van der Waals surface area contributed by atoms with Crippen molar-refractivity contribution in [3.8, 4) is 5.75 Å². The molecule has 1 amide bonds. The quantitative estimate of drug-likeness (QED) is 0.837. The lowest BCUT2D eigenvalue weighted by molar-refractivity contribution is -0.133. The van der Waals surface area contributed by atoms with Gasteiger partial charge in [0, 0.05) is 19.5 Å². The molecule has 6 heteroatoms. The van der Waals surface area contributed by atoms with Gasteiger partial charge in [0.25, 0.3) is 0 Å². The third-order valence-electron chi connectivity index (χ3n) is 2.82. The number of carbonyl (C=O) groups excluding carboxylic acids is 1. The summed E-state index contributed by atoms with van der Waals surface area (Å²) < 4.78 is 18.1. The van der Waals surface area contributed by atoms with Gasteiger partial charge >= 0.3 is 0 Å². The fraction of sp³-hybridized carbons (Fsp3) is 0.500. The van der Waals surface area contributed by atoms with E-state index in [9.17, 15) is 9.18 Å². The number of ether oxygens (including phenoxy) is 1. The normalized spacial score (nSPS) is 11.4. The highest BCUT2D eigenvalue weighted by Gasteiger charge is 2.16. The molecule has 0 aromatic heterocycles. The summed E-state index contributed by atoms with van der Waals surface area (Å²) in [6, 6.07) is 5.83. The third-order valence-corrected chi connectivity index (χ3v) is 2.82. The molecule has 1 aromatic rings. The van der Waals surface area contributed by atoms with Crippen molar-refractivity contribution in [2.75, 3.05) is 33.8 Å². The van der Waals surface area contributed by atoms with E-state index >= 15 is 0 Å². The van der Waals surface area contributed by atoms with Gasteiger partial charge in [-0.3, -0.25) is 4.79 Å². The van der Waals surface area contributed by atoms with Crippen LogP contribution in [-0.2, 0) is 4.79 Å². The topological polar surface area (TPSA) is 41.6 Å². The number of hydrogen-bond donors (Lipinski definition) is 1. The first-order chi connectivity index (χ1) is 9.04. The average Bonchev–Trinajstić information content (AvgIpc) is 2.40. The van der Waals surface area contributed by atoms with Gasteiger partial charge in [-0.15, -0.1) is 12.4 Å². The van der Waals surface area contributed by atoms with Gasteiger partial charge < -0.3 is 15.0 Å². The number of carbonyl (C=O) groups is 1. The zero-order chi connectivity index (χ0) is 14.3. The number of amides is 1. The van der Waals surface area contributed by atoms with E-state index in [1.165, 1.54) is 12.1 Å². The van der Waals surface area contributed by atoms with Gasteiger partial charge in [0.05, 0.1) is 6.54 Å². The first-order valence-corrected chi connectivity index (χ1v) is 6.32. The Morgan fingerprint density at radius 1 is 1.40 bits per heavy atom. The van der Waals surface area contributed by atoms with E-state index in [1.807, 2.05) is 14.0 Å². The van der Waals surface area contributed by atoms with E-state index < -0.39 is 0 Å². The summed E-state index contributed by atoms with van der Waals surface area (Å²) in [5.41, 5.74) is 0. The highest BCUT2D eigenvalue weighted by molar-refractivity contribution is 5.85. The van der Waals surface area contributed by atoms with E-state index in [-0.39, 0.29) is 30.0 Å². The molecule has 0 saturated heterocycles. The number of rotatable bonds is 7. The van der Waals surface area contributed by atoms with Crippen molar-refractivity contribution in [2.45, 2.75) is 6.92 Å². The third kappa shape index (κ3) is 6.21. The van der Waals surface area contributed by atoms with Crippen molar-refractivity contribution in [1.29, 1.82) is 0 Å². The Bertz CT molecular complexity index is 401. The van der Waals surface area contributed by atoms with Crippen LogP contribution in [0.2, 0.25) is 0 Å². The van der Waals surface area contributed by atoms with Crippen LogP contribution in [0.3, 0.4) is 0 Å². The Hall–Kier alpha value is -1.33. The average molecular weight is 305 g/mol. The lowest BCUT2D eigenvalue weighted by Gasteiger charge is -2.21. The fourth-order valence-electron chi connectivity index (χ4n) is 1.71. The second-order valence-electron chi connectivity index (χ2n) is 4.52. The number of halogens is 2. The van der Waals surface area contributed by atoms with Crippen LogP contribution in [0.15, 0.2) is 24.3 Å². The molecule has 0 bridgehead atoms. The molecule has 1 N–H and O–H groups in total. The monoisotopic (exact) mass is 304 g/mol. The van der Waals surface area contributed by atoms with Crippen LogP contribution in [0.1, 0.15) is 6.92 Å². The highest BCUT2D eigenvalue weighted by Crippen LogP contribution is 2.10. The predicted molar refractivity (Wildman–Crippen MR) is 79.9 cm³/mol. The van der Waals surface area contributed by atoms with Gasteiger partial charge in [-0.05, 0) is 31.3 Å². The summed E-state index contributed by atoms with van der Waals surface area (Å²) in [6.45, 7) is 3.43. The molecule has 0 radical (unpaired) electrons. The smallest absolute Gasteiger partial charge is 0.226 e. The number of hydrogen-bond acceptors (Lipinski definition) is 3. The maximum atomic E-state index is 12.7. The molecule has 114 valence electrons. The fourth-order valence-corrected chi connectivity index (χ4v) is 1.71. The predicted octanol–water partition coefficient (Wildman–Crippen LogP) is 1.94. The number of nitrogens with zero attached hydrogens (tertiary/aromatic N) is 1. The van der Waals surface area contributed by atoms with Crippen LogP contribution in [0.5, 0.6) is 5.75 Å². The number of nitrogens with one attached hydrogen (secondary N) is 1. The van der Waals surface area contributed by atoms with Crippen molar-refractivity contribution in [1.82, 2.24) is 10.2 Å². The van der Waals surface area contributed by atoms with Crippen LogP contribution in [-0.4, -0.2) is 44.6 Å². The molecule has 1 aromatic carbocycles. The minimum absolute atomic E-state index is 0. The SMILES string of the molecule is CNCC(C)C(=O)N(C)CCOc1ccc(F)cc1.Cl. The summed E-state index contributed by atoms with van der Waals surface area (Å²) in [4.78, 5) is 13.5. The van der Waals surface area contributed by atoms with E-state index in [0.717, 1.165) is 0 Å². The zero-order valence-electron chi connectivity index (χ0n) is 12.1. The Balaban J connectivity index is 0.00000361. The Morgan fingerprint density at radius 2 is 2.00 bits per heavy atom.